The summed E-state index contributed by atoms with van der Waals surface area (Å²) in [7, 11) is 1.71. The summed E-state index contributed by atoms with van der Waals surface area (Å²) in [4.78, 5) is 0. The molecule has 0 fully saturated rings. The third-order valence-electron chi connectivity index (χ3n) is 7.20. The van der Waals surface area contributed by atoms with Crippen LogP contribution in [-0.2, 0) is 8.85 Å². The third kappa shape index (κ3) is 8.53. The van der Waals surface area contributed by atoms with Crippen molar-refractivity contribution in [3.8, 4) is 0 Å². The standard InChI is InChI=1S/C22H52N2O2Si/c1-9-17-23(11-3,12-4)19-15-21-27(25-7,26-8)22-16-20-24(13-5,14-6)18-10-2/h9-22H2,1-8H3/q+2. The second-order valence-electron chi connectivity index (χ2n) is 8.37. The van der Waals surface area contributed by atoms with Gasteiger partial charge in [0.15, 0.2) is 0 Å². The minimum Gasteiger partial charge on any atom is -0.398 e. The number of hydrogen-bond donors (Lipinski definition) is 0. The topological polar surface area (TPSA) is 18.5 Å². The molecule has 164 valence electrons. The Morgan fingerprint density at radius 3 is 1.11 bits per heavy atom. The van der Waals surface area contributed by atoms with Crippen LogP contribution in [0.15, 0.2) is 0 Å². The Morgan fingerprint density at radius 2 is 0.889 bits per heavy atom. The highest BCUT2D eigenvalue weighted by Crippen LogP contribution is 2.24. The van der Waals surface area contributed by atoms with Gasteiger partial charge in [0.05, 0.1) is 52.4 Å². The second-order valence-corrected chi connectivity index (χ2v) is 12.0. The van der Waals surface area contributed by atoms with Gasteiger partial charge in [-0.25, -0.2) is 0 Å². The smallest absolute Gasteiger partial charge is 0.338 e. The van der Waals surface area contributed by atoms with Gasteiger partial charge >= 0.3 is 8.56 Å². The highest BCUT2D eigenvalue weighted by molar-refractivity contribution is 6.67. The fraction of sp³-hybridized carbons (Fsp3) is 1.00. The molecule has 4 nitrogen and oxygen atoms in total. The van der Waals surface area contributed by atoms with Crippen LogP contribution in [-0.4, -0.2) is 84.1 Å². The lowest BCUT2D eigenvalue weighted by Crippen LogP contribution is -2.51. The molecule has 0 aliphatic rings. The lowest BCUT2D eigenvalue weighted by Gasteiger charge is -2.39. The zero-order valence-electron chi connectivity index (χ0n) is 20.1. The molecule has 0 aliphatic heterocycles. The van der Waals surface area contributed by atoms with Crippen LogP contribution in [0.25, 0.3) is 0 Å². The van der Waals surface area contributed by atoms with E-state index in [0.717, 1.165) is 12.1 Å². The van der Waals surface area contributed by atoms with E-state index in [0.29, 0.717) is 0 Å². The van der Waals surface area contributed by atoms with Crippen molar-refractivity contribution in [1.82, 2.24) is 0 Å². The van der Waals surface area contributed by atoms with Crippen molar-refractivity contribution in [2.75, 3.05) is 66.6 Å². The molecule has 0 aromatic carbocycles. The highest BCUT2D eigenvalue weighted by Gasteiger charge is 2.37. The van der Waals surface area contributed by atoms with Crippen LogP contribution in [0, 0.1) is 0 Å². The maximum atomic E-state index is 6.07. The molecule has 5 heteroatoms. The van der Waals surface area contributed by atoms with E-state index in [4.69, 9.17) is 8.85 Å². The van der Waals surface area contributed by atoms with Crippen molar-refractivity contribution >= 4 is 8.56 Å². The molecule has 0 bridgehead atoms. The van der Waals surface area contributed by atoms with Gasteiger partial charge in [-0.3, -0.25) is 0 Å². The van der Waals surface area contributed by atoms with E-state index in [1.54, 1.807) is 0 Å². The zero-order valence-corrected chi connectivity index (χ0v) is 21.1. The molecule has 0 saturated heterocycles. The number of rotatable bonds is 18. The van der Waals surface area contributed by atoms with Crippen LogP contribution in [0.5, 0.6) is 0 Å². The van der Waals surface area contributed by atoms with Crippen molar-refractivity contribution < 1.29 is 17.8 Å². The molecule has 0 amide bonds. The van der Waals surface area contributed by atoms with Crippen LogP contribution in [0.2, 0.25) is 12.1 Å². The molecule has 0 aromatic rings. The van der Waals surface area contributed by atoms with E-state index < -0.39 is 8.56 Å². The van der Waals surface area contributed by atoms with Gasteiger partial charge in [0.1, 0.15) is 0 Å². The van der Waals surface area contributed by atoms with Gasteiger partial charge in [-0.05, 0) is 65.5 Å². The lowest BCUT2D eigenvalue weighted by atomic mass is 10.2. The maximum absolute atomic E-state index is 6.07. The SMILES string of the molecule is CCC[N+](CC)(CC)CCC[Si](CCC[N+](CC)(CC)CCC)(OC)OC. The second kappa shape index (κ2) is 14.1. The van der Waals surface area contributed by atoms with E-state index in [1.165, 1.54) is 87.0 Å². The molecule has 0 rings (SSSR count). The Kier molecular flexibility index (Phi) is 14.1. The summed E-state index contributed by atoms with van der Waals surface area (Å²) in [5, 5.41) is 0. The van der Waals surface area contributed by atoms with Gasteiger partial charge < -0.3 is 17.8 Å². The molecule has 0 aliphatic carbocycles. The predicted octanol–water partition coefficient (Wildman–Crippen LogP) is 5.03. The number of quaternary nitrogens is 2. The molecular weight excluding hydrogens is 352 g/mol. The number of nitrogens with zero attached hydrogens (tertiary/aromatic N) is 2. The molecular formula is C22H52N2O2Si+2. The first-order chi connectivity index (χ1) is 12.9. The molecule has 0 aromatic heterocycles. The Bertz CT molecular complexity index is 324. The van der Waals surface area contributed by atoms with Gasteiger partial charge in [0, 0.05) is 14.2 Å². The summed E-state index contributed by atoms with van der Waals surface area (Å²) in [6.45, 7) is 24.1. The summed E-state index contributed by atoms with van der Waals surface area (Å²) in [6, 6.07) is 2.27. The molecule has 0 unspecified atom stereocenters. The van der Waals surface area contributed by atoms with Crippen molar-refractivity contribution in [3.05, 3.63) is 0 Å². The van der Waals surface area contributed by atoms with Gasteiger partial charge in [0.2, 0.25) is 0 Å². The lowest BCUT2D eigenvalue weighted by molar-refractivity contribution is -0.925. The molecule has 27 heavy (non-hydrogen) atoms. The summed E-state index contributed by atoms with van der Waals surface area (Å²) in [6.07, 6.45) is 4.99. The highest BCUT2D eigenvalue weighted by atomic mass is 28.4. The normalized spacial score (nSPS) is 13.3. The molecule has 0 radical (unpaired) electrons. The first-order valence-corrected chi connectivity index (χ1v) is 13.9. The maximum Gasteiger partial charge on any atom is 0.338 e. The first-order valence-electron chi connectivity index (χ1n) is 11.7. The number of hydrogen-bond acceptors (Lipinski definition) is 2. The van der Waals surface area contributed by atoms with Crippen molar-refractivity contribution in [3.63, 3.8) is 0 Å². The monoisotopic (exact) mass is 404 g/mol. The summed E-state index contributed by atoms with van der Waals surface area (Å²) in [5.41, 5.74) is 0. The molecule has 0 N–H and O–H groups in total. The Labute approximate surface area is 172 Å². The van der Waals surface area contributed by atoms with Crippen LogP contribution >= 0.6 is 0 Å². The fourth-order valence-corrected chi connectivity index (χ4v) is 7.50. The Hall–Kier alpha value is 0.0569. The minimum atomic E-state index is -2.06. The largest absolute Gasteiger partial charge is 0.398 e. The third-order valence-corrected chi connectivity index (χ3v) is 10.9. The molecule has 0 heterocycles. The van der Waals surface area contributed by atoms with Gasteiger partial charge in [-0.15, -0.1) is 0 Å². The average molecular weight is 405 g/mol. The van der Waals surface area contributed by atoms with Crippen molar-refractivity contribution in [2.24, 2.45) is 0 Å². The summed E-state index contributed by atoms with van der Waals surface area (Å²) in [5.74, 6) is 0. The van der Waals surface area contributed by atoms with Crippen molar-refractivity contribution in [2.45, 2.75) is 79.3 Å². The fourth-order valence-electron chi connectivity index (χ4n) is 4.87. The van der Waals surface area contributed by atoms with E-state index in [2.05, 4.69) is 41.5 Å². The molecule has 0 atom stereocenters. The van der Waals surface area contributed by atoms with Crippen LogP contribution in [0.4, 0.5) is 0 Å². The minimum absolute atomic E-state index is 1.13. The van der Waals surface area contributed by atoms with E-state index >= 15 is 0 Å². The van der Waals surface area contributed by atoms with Crippen LogP contribution in [0.3, 0.4) is 0 Å². The van der Waals surface area contributed by atoms with Gasteiger partial charge in [-0.1, -0.05) is 13.8 Å². The first kappa shape index (κ1) is 27.1. The quantitative estimate of drug-likeness (QED) is 0.235. The predicted molar refractivity (Wildman–Crippen MR) is 121 cm³/mol. The van der Waals surface area contributed by atoms with Crippen molar-refractivity contribution in [1.29, 1.82) is 0 Å². The van der Waals surface area contributed by atoms with Gasteiger partial charge in [-0.2, -0.15) is 0 Å². The van der Waals surface area contributed by atoms with E-state index in [-0.39, 0.29) is 0 Å². The zero-order chi connectivity index (χ0) is 20.8. The Balaban J connectivity index is 4.79. The van der Waals surface area contributed by atoms with Crippen LogP contribution in [0.1, 0.15) is 67.2 Å². The molecule has 0 spiro atoms. The average Bonchev–Trinajstić information content (AvgIpc) is 2.71. The Morgan fingerprint density at radius 1 is 0.556 bits per heavy atom. The van der Waals surface area contributed by atoms with E-state index in [1.807, 2.05) is 14.2 Å². The summed E-state index contributed by atoms with van der Waals surface area (Å²) >= 11 is 0. The van der Waals surface area contributed by atoms with E-state index in [9.17, 15) is 0 Å². The molecule has 0 saturated carbocycles. The van der Waals surface area contributed by atoms with Gasteiger partial charge in [0.25, 0.3) is 0 Å². The van der Waals surface area contributed by atoms with Crippen LogP contribution < -0.4 is 0 Å². The summed E-state index contributed by atoms with van der Waals surface area (Å²) < 4.78 is 14.6.